The molecule has 9 heteroatoms. The molecule has 36 heavy (non-hydrogen) atoms. The van der Waals surface area contributed by atoms with Crippen molar-refractivity contribution in [2.75, 3.05) is 79.0 Å². The number of morpholine rings is 1. The van der Waals surface area contributed by atoms with Gasteiger partial charge in [-0.15, -0.1) is 0 Å². The van der Waals surface area contributed by atoms with Crippen molar-refractivity contribution in [2.45, 2.75) is 0 Å². The first-order valence-electron chi connectivity index (χ1n) is 12.1. The molecule has 0 spiro atoms. The number of hydrogen-bond donors (Lipinski definition) is 1. The fourth-order valence-electron chi connectivity index (χ4n) is 4.65. The lowest BCUT2D eigenvalue weighted by molar-refractivity contribution is -0.870. The van der Waals surface area contributed by atoms with Crippen LogP contribution in [0.1, 0.15) is 0 Å². The number of anilines is 1. The number of halogens is 2. The SMILES string of the molecule is C[n+]1c2ccccc2c(NCCN2CCOCC2)c2oc3ccc(OCC[N+](C)(C)C)cc3c21.[I-].[I-]. The summed E-state index contributed by atoms with van der Waals surface area (Å²) in [4.78, 5) is 2.44. The Morgan fingerprint density at radius 1 is 1.03 bits per heavy atom. The molecule has 1 aliphatic rings. The first kappa shape index (κ1) is 29.2. The van der Waals surface area contributed by atoms with Gasteiger partial charge in [-0.25, -0.2) is 0 Å². The van der Waals surface area contributed by atoms with Gasteiger partial charge in [0.2, 0.25) is 11.1 Å². The Kier molecular flexibility index (Phi) is 10.1. The van der Waals surface area contributed by atoms with E-state index in [0.29, 0.717) is 6.61 Å². The third kappa shape index (κ3) is 6.35. The lowest BCUT2D eigenvalue weighted by Gasteiger charge is -2.26. The van der Waals surface area contributed by atoms with Crippen LogP contribution in [0.2, 0.25) is 0 Å². The van der Waals surface area contributed by atoms with Gasteiger partial charge in [0.25, 0.3) is 5.52 Å². The number of aryl methyl sites for hydroxylation is 1. The number of likely N-dealkylation sites (N-methyl/N-ethyl adjacent to an activating group) is 1. The average molecular weight is 718 g/mol. The van der Waals surface area contributed by atoms with Crippen molar-refractivity contribution < 1.29 is 70.9 Å². The van der Waals surface area contributed by atoms with Gasteiger partial charge in [0.05, 0.1) is 50.8 Å². The summed E-state index contributed by atoms with van der Waals surface area (Å²) in [5.41, 5.74) is 5.07. The Labute approximate surface area is 247 Å². The molecule has 1 fully saturated rings. The monoisotopic (exact) mass is 718 g/mol. The number of aromatic nitrogens is 1. The first-order valence-corrected chi connectivity index (χ1v) is 12.1. The van der Waals surface area contributed by atoms with Gasteiger partial charge in [0, 0.05) is 32.2 Å². The summed E-state index contributed by atoms with van der Waals surface area (Å²) in [7, 11) is 8.64. The van der Waals surface area contributed by atoms with Crippen molar-refractivity contribution in [2.24, 2.45) is 7.05 Å². The third-order valence-electron chi connectivity index (χ3n) is 6.59. The molecule has 0 unspecified atom stereocenters. The number of hydrogen-bond acceptors (Lipinski definition) is 5. The molecule has 5 rings (SSSR count). The molecule has 0 saturated carbocycles. The van der Waals surface area contributed by atoms with E-state index in [-0.39, 0.29) is 48.0 Å². The van der Waals surface area contributed by atoms with Crippen LogP contribution in [-0.4, -0.2) is 83.1 Å². The highest BCUT2D eigenvalue weighted by Gasteiger charge is 2.25. The molecule has 196 valence electrons. The minimum atomic E-state index is 0. The van der Waals surface area contributed by atoms with Crippen molar-refractivity contribution in [3.63, 3.8) is 0 Å². The molecule has 1 N–H and O–H groups in total. The molecule has 3 heterocycles. The molecule has 2 aromatic heterocycles. The topological polar surface area (TPSA) is 50.8 Å². The number of ether oxygens (including phenoxy) is 2. The van der Waals surface area contributed by atoms with Crippen molar-refractivity contribution in [1.29, 1.82) is 0 Å². The van der Waals surface area contributed by atoms with Crippen LogP contribution in [0, 0.1) is 0 Å². The van der Waals surface area contributed by atoms with E-state index < -0.39 is 0 Å². The summed E-state index contributed by atoms with van der Waals surface area (Å²) >= 11 is 0. The zero-order valence-corrected chi connectivity index (χ0v) is 25.8. The Hall–Kier alpha value is -1.41. The van der Waals surface area contributed by atoms with E-state index in [1.54, 1.807) is 0 Å². The van der Waals surface area contributed by atoms with Gasteiger partial charge in [-0.3, -0.25) is 4.90 Å². The number of para-hydroxylation sites is 1. The van der Waals surface area contributed by atoms with Crippen LogP contribution in [0.5, 0.6) is 5.75 Å². The van der Waals surface area contributed by atoms with Gasteiger partial charge in [0.15, 0.2) is 0 Å². The van der Waals surface area contributed by atoms with Crippen LogP contribution in [0.3, 0.4) is 0 Å². The minimum Gasteiger partial charge on any atom is -1.00 e. The molecule has 0 aliphatic carbocycles. The van der Waals surface area contributed by atoms with Gasteiger partial charge < -0.3 is 71.6 Å². The predicted molar refractivity (Wildman–Crippen MR) is 137 cm³/mol. The quantitative estimate of drug-likeness (QED) is 0.123. The summed E-state index contributed by atoms with van der Waals surface area (Å²) in [6.07, 6.45) is 0. The third-order valence-corrected chi connectivity index (χ3v) is 6.59. The van der Waals surface area contributed by atoms with E-state index in [1.807, 2.05) is 12.1 Å². The highest BCUT2D eigenvalue weighted by Crippen LogP contribution is 2.37. The second kappa shape index (κ2) is 12.4. The van der Waals surface area contributed by atoms with E-state index in [1.165, 1.54) is 5.52 Å². The Bertz CT molecular complexity index is 1310. The standard InChI is InChI=1S/C27H35N4O3.2HI/c1-29-23-8-6-5-7-21(23)25(28-11-12-30-13-16-32-17-14-30)27-26(29)22-19-20(9-10-24(22)34-27)33-18-15-31(2,3)4;;/h5-10,19H,11-18H2,1-4H3;2*1H/q+1;;/p-1. The molecule has 0 bridgehead atoms. The zero-order chi connectivity index (χ0) is 23.7. The lowest BCUT2D eigenvalue weighted by atomic mass is 10.1. The number of nitrogens with zero attached hydrogens (tertiary/aromatic N) is 3. The summed E-state index contributed by atoms with van der Waals surface area (Å²) in [5, 5.41) is 5.95. The number of pyridine rings is 1. The summed E-state index contributed by atoms with van der Waals surface area (Å²) in [6.45, 7) is 7.06. The van der Waals surface area contributed by atoms with Gasteiger partial charge >= 0.3 is 0 Å². The number of rotatable bonds is 8. The second-order valence-electron chi connectivity index (χ2n) is 10.1. The number of furan rings is 1. The molecule has 4 aromatic rings. The lowest BCUT2D eigenvalue weighted by Crippen LogP contribution is -3.00. The number of quaternary nitrogens is 1. The second-order valence-corrected chi connectivity index (χ2v) is 10.1. The maximum Gasteiger partial charge on any atom is 0.261 e. The van der Waals surface area contributed by atoms with Crippen molar-refractivity contribution >= 4 is 38.7 Å². The van der Waals surface area contributed by atoms with E-state index in [2.05, 4.69) is 73.3 Å². The van der Waals surface area contributed by atoms with Crippen LogP contribution >= 0.6 is 0 Å². The normalized spacial score (nSPS) is 14.6. The van der Waals surface area contributed by atoms with E-state index in [4.69, 9.17) is 13.9 Å². The highest BCUT2D eigenvalue weighted by molar-refractivity contribution is 6.11. The average Bonchev–Trinajstić information content (AvgIpc) is 3.20. The van der Waals surface area contributed by atoms with Crippen molar-refractivity contribution in [1.82, 2.24) is 4.90 Å². The van der Waals surface area contributed by atoms with E-state index in [9.17, 15) is 0 Å². The van der Waals surface area contributed by atoms with Gasteiger partial charge in [-0.2, -0.15) is 4.57 Å². The summed E-state index contributed by atoms with van der Waals surface area (Å²) in [6, 6.07) is 14.7. The number of fused-ring (bicyclic) bond motifs is 4. The zero-order valence-electron chi connectivity index (χ0n) is 21.5. The van der Waals surface area contributed by atoms with E-state index >= 15 is 0 Å². The van der Waals surface area contributed by atoms with Crippen LogP contribution in [0.4, 0.5) is 5.69 Å². The molecular formula is C27H36I2N4O3. The largest absolute Gasteiger partial charge is 1.00 e. The fraction of sp³-hybridized carbons (Fsp3) is 0.444. The molecule has 1 saturated heterocycles. The number of nitrogens with one attached hydrogen (secondary N) is 1. The van der Waals surface area contributed by atoms with Gasteiger partial charge in [-0.1, -0.05) is 12.1 Å². The minimum absolute atomic E-state index is 0. The number of benzene rings is 2. The van der Waals surface area contributed by atoms with Crippen LogP contribution in [-0.2, 0) is 11.8 Å². The summed E-state index contributed by atoms with van der Waals surface area (Å²) in [5.74, 6) is 0.874. The highest BCUT2D eigenvalue weighted by atomic mass is 127. The molecule has 1 aliphatic heterocycles. The Balaban J connectivity index is 0.00000180. The van der Waals surface area contributed by atoms with Crippen LogP contribution in [0.15, 0.2) is 46.9 Å². The van der Waals surface area contributed by atoms with Crippen LogP contribution < -0.4 is 62.6 Å². The fourth-order valence-corrected chi connectivity index (χ4v) is 4.65. The first-order chi connectivity index (χ1) is 16.4. The Morgan fingerprint density at radius 3 is 2.53 bits per heavy atom. The molecular weight excluding hydrogens is 682 g/mol. The van der Waals surface area contributed by atoms with E-state index in [0.717, 1.165) is 89.3 Å². The van der Waals surface area contributed by atoms with Crippen molar-refractivity contribution in [3.8, 4) is 5.75 Å². The molecule has 7 nitrogen and oxygen atoms in total. The maximum atomic E-state index is 6.45. The van der Waals surface area contributed by atoms with Crippen LogP contribution in [0.25, 0.3) is 33.0 Å². The molecule has 2 aromatic carbocycles. The van der Waals surface area contributed by atoms with Crippen molar-refractivity contribution in [3.05, 3.63) is 42.5 Å². The smallest absolute Gasteiger partial charge is 0.261 e. The molecule has 0 radical (unpaired) electrons. The van der Waals surface area contributed by atoms with Gasteiger partial charge in [0.1, 0.15) is 31.5 Å². The summed E-state index contributed by atoms with van der Waals surface area (Å²) < 4.78 is 21.1. The van der Waals surface area contributed by atoms with Gasteiger partial charge in [-0.05, 0) is 24.3 Å². The predicted octanol–water partition coefficient (Wildman–Crippen LogP) is -2.60. The Morgan fingerprint density at radius 2 is 1.78 bits per heavy atom. The maximum absolute atomic E-state index is 6.45. The molecule has 0 atom stereocenters. The molecule has 0 amide bonds.